The normalized spacial score (nSPS) is 16.7. The van der Waals surface area contributed by atoms with Gasteiger partial charge in [-0.05, 0) is 19.8 Å². The summed E-state index contributed by atoms with van der Waals surface area (Å²) in [6.45, 7) is 2.08. The number of esters is 1. The van der Waals surface area contributed by atoms with Gasteiger partial charge in [0.05, 0.1) is 12.4 Å². The van der Waals surface area contributed by atoms with Gasteiger partial charge in [-0.1, -0.05) is 0 Å². The van der Waals surface area contributed by atoms with Gasteiger partial charge < -0.3 is 9.84 Å². The number of carbonyl (C=O) groups excluding carboxylic acids is 2. The average Bonchev–Trinajstić information content (AvgIpc) is 2.17. The van der Waals surface area contributed by atoms with Crippen LogP contribution in [0.4, 0.5) is 0 Å². The van der Waals surface area contributed by atoms with Crippen molar-refractivity contribution in [1.29, 1.82) is 0 Å². The quantitative estimate of drug-likeness (QED) is 0.723. The van der Waals surface area contributed by atoms with E-state index < -0.39 is 0 Å². The van der Waals surface area contributed by atoms with E-state index >= 15 is 0 Å². The fourth-order valence-electron chi connectivity index (χ4n) is 1.62. The van der Waals surface area contributed by atoms with E-state index in [0.717, 1.165) is 0 Å². The first kappa shape index (κ1) is 11.8. The highest BCUT2D eigenvalue weighted by atomic mass is 16.5. The molecule has 0 aromatic carbocycles. The lowest BCUT2D eigenvalue weighted by Crippen LogP contribution is -2.13. The maximum atomic E-state index is 11.4. The zero-order valence-corrected chi connectivity index (χ0v) is 8.91. The lowest BCUT2D eigenvalue weighted by atomic mass is 9.93. The summed E-state index contributed by atoms with van der Waals surface area (Å²) in [6, 6.07) is 0. The molecule has 1 rings (SSSR count). The van der Waals surface area contributed by atoms with Crippen LogP contribution in [0, 0.1) is 0 Å². The number of allylic oxidation sites excluding steroid dienone is 2. The Kier molecular flexibility index (Phi) is 4.34. The number of carbonyl (C=O) groups is 2. The molecule has 0 aromatic heterocycles. The Morgan fingerprint density at radius 2 is 2.20 bits per heavy atom. The maximum absolute atomic E-state index is 11.4. The SMILES string of the molecule is CCOC(=O)CCC1=C(O)CCCC1=O. The van der Waals surface area contributed by atoms with Crippen LogP contribution in [-0.4, -0.2) is 23.5 Å². The molecule has 0 amide bonds. The molecule has 84 valence electrons. The predicted molar refractivity (Wildman–Crippen MR) is 54.4 cm³/mol. The first-order chi connectivity index (χ1) is 7.15. The van der Waals surface area contributed by atoms with Crippen LogP contribution >= 0.6 is 0 Å². The third-order valence-electron chi connectivity index (χ3n) is 2.39. The molecule has 1 aliphatic carbocycles. The van der Waals surface area contributed by atoms with Crippen LogP contribution in [0.25, 0.3) is 0 Å². The van der Waals surface area contributed by atoms with Crippen LogP contribution in [0.5, 0.6) is 0 Å². The smallest absolute Gasteiger partial charge is 0.306 e. The molecule has 0 spiro atoms. The minimum absolute atomic E-state index is 0.0388. The predicted octanol–water partition coefficient (Wildman–Crippen LogP) is 1.89. The van der Waals surface area contributed by atoms with Crippen molar-refractivity contribution in [2.24, 2.45) is 0 Å². The van der Waals surface area contributed by atoms with E-state index in [0.29, 0.717) is 37.9 Å². The van der Waals surface area contributed by atoms with E-state index in [1.54, 1.807) is 6.92 Å². The van der Waals surface area contributed by atoms with E-state index in [9.17, 15) is 14.7 Å². The van der Waals surface area contributed by atoms with Crippen molar-refractivity contribution < 1.29 is 19.4 Å². The van der Waals surface area contributed by atoms with Gasteiger partial charge in [0.25, 0.3) is 0 Å². The number of ether oxygens (including phenoxy) is 1. The number of hydrogen-bond donors (Lipinski definition) is 1. The second-order valence-corrected chi connectivity index (χ2v) is 3.51. The van der Waals surface area contributed by atoms with Crippen molar-refractivity contribution in [3.8, 4) is 0 Å². The Balaban J connectivity index is 2.49. The first-order valence-electron chi connectivity index (χ1n) is 5.25. The molecule has 0 saturated carbocycles. The van der Waals surface area contributed by atoms with Gasteiger partial charge in [0.2, 0.25) is 0 Å². The van der Waals surface area contributed by atoms with E-state index in [4.69, 9.17) is 4.74 Å². The van der Waals surface area contributed by atoms with Gasteiger partial charge in [0.1, 0.15) is 0 Å². The van der Waals surface area contributed by atoms with Crippen molar-refractivity contribution in [1.82, 2.24) is 0 Å². The highest BCUT2D eigenvalue weighted by Crippen LogP contribution is 2.23. The fourth-order valence-corrected chi connectivity index (χ4v) is 1.62. The van der Waals surface area contributed by atoms with Crippen LogP contribution in [0.2, 0.25) is 0 Å². The maximum Gasteiger partial charge on any atom is 0.306 e. The van der Waals surface area contributed by atoms with Crippen molar-refractivity contribution in [3.63, 3.8) is 0 Å². The Morgan fingerprint density at radius 3 is 2.80 bits per heavy atom. The molecular formula is C11H16O4. The lowest BCUT2D eigenvalue weighted by Gasteiger charge is -2.14. The van der Waals surface area contributed by atoms with Crippen LogP contribution < -0.4 is 0 Å². The van der Waals surface area contributed by atoms with Gasteiger partial charge in [-0.25, -0.2) is 0 Å². The molecule has 1 N–H and O–H groups in total. The number of aliphatic hydroxyl groups is 1. The van der Waals surface area contributed by atoms with Gasteiger partial charge >= 0.3 is 5.97 Å². The van der Waals surface area contributed by atoms with Crippen LogP contribution in [0.15, 0.2) is 11.3 Å². The molecule has 0 fully saturated rings. The summed E-state index contributed by atoms with van der Waals surface area (Å²) in [5.41, 5.74) is 0.411. The number of hydrogen-bond acceptors (Lipinski definition) is 4. The van der Waals surface area contributed by atoms with E-state index in [1.165, 1.54) is 0 Å². The van der Waals surface area contributed by atoms with E-state index in [2.05, 4.69) is 0 Å². The topological polar surface area (TPSA) is 63.6 Å². The number of aliphatic hydroxyl groups excluding tert-OH is 1. The largest absolute Gasteiger partial charge is 0.512 e. The van der Waals surface area contributed by atoms with Crippen LogP contribution in [0.3, 0.4) is 0 Å². The molecular weight excluding hydrogens is 196 g/mol. The molecule has 0 aromatic rings. The lowest BCUT2D eigenvalue weighted by molar-refractivity contribution is -0.143. The summed E-state index contributed by atoms with van der Waals surface area (Å²) < 4.78 is 4.75. The standard InChI is InChI=1S/C11H16O4/c1-2-15-11(14)7-6-8-9(12)4-3-5-10(8)13/h12H,2-7H2,1H3. The minimum atomic E-state index is -0.323. The zero-order chi connectivity index (χ0) is 11.3. The zero-order valence-electron chi connectivity index (χ0n) is 8.91. The van der Waals surface area contributed by atoms with Crippen LogP contribution in [-0.2, 0) is 14.3 Å². The molecule has 0 unspecified atom stereocenters. The number of Topliss-reactive ketones (excluding diaryl/α,β-unsaturated/α-hetero) is 1. The summed E-state index contributed by atoms with van der Waals surface area (Å²) in [4.78, 5) is 22.5. The Morgan fingerprint density at radius 1 is 1.47 bits per heavy atom. The van der Waals surface area contributed by atoms with Gasteiger partial charge in [0.15, 0.2) is 5.78 Å². The Bertz CT molecular complexity index is 291. The Labute approximate surface area is 88.9 Å². The second kappa shape index (κ2) is 5.53. The third-order valence-corrected chi connectivity index (χ3v) is 2.39. The van der Waals surface area contributed by atoms with Crippen LogP contribution in [0.1, 0.15) is 39.0 Å². The summed E-state index contributed by atoms with van der Waals surface area (Å²) in [5, 5.41) is 9.49. The molecule has 15 heavy (non-hydrogen) atoms. The summed E-state index contributed by atoms with van der Waals surface area (Å²) in [6.07, 6.45) is 2.18. The minimum Gasteiger partial charge on any atom is -0.512 e. The molecule has 1 aliphatic rings. The van der Waals surface area contributed by atoms with Crippen molar-refractivity contribution in [3.05, 3.63) is 11.3 Å². The van der Waals surface area contributed by atoms with Gasteiger partial charge in [-0.3, -0.25) is 9.59 Å². The number of rotatable bonds is 4. The summed E-state index contributed by atoms with van der Waals surface area (Å²) >= 11 is 0. The number of ketones is 1. The molecule has 0 aliphatic heterocycles. The highest BCUT2D eigenvalue weighted by molar-refractivity contribution is 5.96. The van der Waals surface area contributed by atoms with Crippen molar-refractivity contribution in [2.45, 2.75) is 39.0 Å². The average molecular weight is 212 g/mol. The monoisotopic (exact) mass is 212 g/mol. The molecule has 0 saturated heterocycles. The first-order valence-corrected chi connectivity index (χ1v) is 5.25. The molecule has 4 heteroatoms. The molecule has 0 radical (unpaired) electrons. The fraction of sp³-hybridized carbons (Fsp3) is 0.636. The van der Waals surface area contributed by atoms with Gasteiger partial charge in [-0.2, -0.15) is 0 Å². The van der Waals surface area contributed by atoms with Crippen molar-refractivity contribution >= 4 is 11.8 Å². The van der Waals surface area contributed by atoms with E-state index in [-0.39, 0.29) is 23.9 Å². The third kappa shape index (κ3) is 3.38. The molecule has 0 heterocycles. The molecule has 0 bridgehead atoms. The Hall–Kier alpha value is -1.32. The second-order valence-electron chi connectivity index (χ2n) is 3.51. The summed E-state index contributed by atoms with van der Waals surface area (Å²) in [5.74, 6) is -0.213. The van der Waals surface area contributed by atoms with E-state index in [1.807, 2.05) is 0 Å². The molecule has 0 atom stereocenters. The highest BCUT2D eigenvalue weighted by Gasteiger charge is 2.20. The van der Waals surface area contributed by atoms with Gasteiger partial charge in [0, 0.05) is 24.8 Å². The summed E-state index contributed by atoms with van der Waals surface area (Å²) in [7, 11) is 0. The van der Waals surface area contributed by atoms with Crippen molar-refractivity contribution in [2.75, 3.05) is 6.61 Å². The van der Waals surface area contributed by atoms with Gasteiger partial charge in [-0.15, -0.1) is 0 Å². The molecule has 4 nitrogen and oxygen atoms in total.